The zero-order valence-corrected chi connectivity index (χ0v) is 65.6. The third kappa shape index (κ3) is 32.3. The van der Waals surface area contributed by atoms with E-state index in [0.29, 0.717) is 12.8 Å². The highest BCUT2D eigenvalue weighted by atomic mass is 16.8. The van der Waals surface area contributed by atoms with E-state index in [4.69, 9.17) is 42.6 Å². The minimum Gasteiger partial charge on any atom is -0.477 e. The van der Waals surface area contributed by atoms with Crippen LogP contribution in [0.3, 0.4) is 0 Å². The largest absolute Gasteiger partial charge is 0.477 e. The van der Waals surface area contributed by atoms with Crippen molar-refractivity contribution in [3.63, 3.8) is 0 Å². The second-order valence-electron chi connectivity index (χ2n) is 30.6. The van der Waals surface area contributed by atoms with Crippen LogP contribution in [0, 0.1) is 0 Å². The molecular weight excluding hydrogens is 1470 g/mol. The number of unbranched alkanes of at least 4 members (excludes halogenated alkanes) is 29. The molecule has 26 atom stereocenters. The average molecular weight is 1610 g/mol. The van der Waals surface area contributed by atoms with Crippen molar-refractivity contribution in [1.82, 2.24) is 16.0 Å². The number of rotatable bonds is 60. The highest BCUT2D eigenvalue weighted by Crippen LogP contribution is 2.40. The molecular formula is C76H139N3O32. The Bertz CT molecular complexity index is 2550. The molecule has 0 saturated carbocycles. The molecule has 4 heterocycles. The third-order valence-electron chi connectivity index (χ3n) is 21.6. The number of aliphatic carboxylic acids is 2. The van der Waals surface area contributed by atoms with Crippen LogP contribution in [0.15, 0.2) is 0 Å². The predicted octanol–water partition coefficient (Wildman–Crippen LogP) is 0.0818. The number of carboxylic acid groups (broad SMARTS) is 2. The second-order valence-corrected chi connectivity index (χ2v) is 30.6. The van der Waals surface area contributed by atoms with Gasteiger partial charge in [0.2, 0.25) is 17.7 Å². The number of nitrogens with one attached hydrogen (secondary N) is 3. The van der Waals surface area contributed by atoms with Crippen LogP contribution in [-0.4, -0.2) is 327 Å². The molecule has 0 spiro atoms. The van der Waals surface area contributed by atoms with Crippen molar-refractivity contribution < 1.29 is 159 Å². The Morgan fingerprint density at radius 3 is 1.39 bits per heavy atom. The molecule has 0 aliphatic carbocycles. The van der Waals surface area contributed by atoms with Crippen molar-refractivity contribution in [2.24, 2.45) is 0 Å². The highest BCUT2D eigenvalue weighted by molar-refractivity contribution is 5.81. The van der Waals surface area contributed by atoms with Gasteiger partial charge in [0, 0.05) is 26.9 Å². The summed E-state index contributed by atoms with van der Waals surface area (Å²) < 4.78 is 50.9. The van der Waals surface area contributed by atoms with E-state index in [0.717, 1.165) is 78.2 Å². The van der Waals surface area contributed by atoms with E-state index in [1.807, 2.05) is 0 Å². The molecule has 650 valence electrons. The van der Waals surface area contributed by atoms with Gasteiger partial charge in [-0.15, -0.1) is 0 Å². The molecule has 4 fully saturated rings. The second kappa shape index (κ2) is 53.6. The van der Waals surface area contributed by atoms with E-state index in [2.05, 4.69) is 29.8 Å². The van der Waals surface area contributed by atoms with Gasteiger partial charge in [-0.05, 0) is 12.8 Å². The first-order chi connectivity index (χ1) is 53.1. The molecule has 4 aliphatic heterocycles. The molecule has 35 nitrogen and oxygen atoms in total. The van der Waals surface area contributed by atoms with Gasteiger partial charge in [-0.25, -0.2) is 9.59 Å². The molecule has 0 aromatic rings. The van der Waals surface area contributed by atoms with Gasteiger partial charge in [0.1, 0.15) is 104 Å². The number of carbonyl (C=O) groups is 5. The molecule has 4 rings (SSSR count). The van der Waals surface area contributed by atoms with Crippen LogP contribution in [0.1, 0.15) is 245 Å². The third-order valence-corrected chi connectivity index (χ3v) is 21.6. The molecule has 111 heavy (non-hydrogen) atoms. The summed E-state index contributed by atoms with van der Waals surface area (Å²) in [6.45, 7) is -1.05. The van der Waals surface area contributed by atoms with Gasteiger partial charge in [0.05, 0.1) is 69.5 Å². The van der Waals surface area contributed by atoms with Gasteiger partial charge in [0.15, 0.2) is 12.6 Å². The van der Waals surface area contributed by atoms with Crippen LogP contribution in [0.5, 0.6) is 0 Å². The Hall–Kier alpha value is -3.65. The number of amides is 3. The minimum atomic E-state index is -3.39. The van der Waals surface area contributed by atoms with Crippen molar-refractivity contribution in [1.29, 1.82) is 0 Å². The number of hydrogen-bond donors (Lipinski definition) is 21. The molecule has 35 heteroatoms. The fraction of sp³-hybridized carbons (Fsp3) is 0.934. The van der Waals surface area contributed by atoms with Crippen LogP contribution < -0.4 is 16.0 Å². The Labute approximate surface area is 652 Å². The molecule has 4 aliphatic rings. The van der Waals surface area contributed by atoms with E-state index in [1.54, 1.807) is 0 Å². The van der Waals surface area contributed by atoms with Gasteiger partial charge >= 0.3 is 11.9 Å². The molecule has 26 unspecified atom stereocenters. The van der Waals surface area contributed by atoms with Crippen molar-refractivity contribution in [2.75, 3.05) is 46.8 Å². The molecule has 3 amide bonds. The summed E-state index contributed by atoms with van der Waals surface area (Å²) in [7, 11) is 1.06. The predicted molar refractivity (Wildman–Crippen MR) is 395 cm³/mol. The first kappa shape index (κ1) is 99.7. The summed E-state index contributed by atoms with van der Waals surface area (Å²) >= 11 is 0. The van der Waals surface area contributed by atoms with E-state index < -0.39 is 240 Å². The van der Waals surface area contributed by atoms with Crippen LogP contribution >= 0.6 is 0 Å². The number of aliphatic hydroxyl groups is 16. The van der Waals surface area contributed by atoms with Gasteiger partial charge < -0.3 is 150 Å². The van der Waals surface area contributed by atoms with Crippen molar-refractivity contribution in [3.05, 3.63) is 0 Å². The molecule has 4 saturated heterocycles. The number of carbonyl (C=O) groups excluding carboxylic acids is 3. The summed E-state index contributed by atoms with van der Waals surface area (Å²) in [6.07, 6.45) is -9.90. The van der Waals surface area contributed by atoms with Crippen LogP contribution in [0.2, 0.25) is 0 Å². The van der Waals surface area contributed by atoms with Gasteiger partial charge in [-0.2, -0.15) is 0 Å². The maximum Gasteiger partial charge on any atom is 0.364 e. The lowest BCUT2D eigenvalue weighted by Gasteiger charge is -2.50. The maximum absolute atomic E-state index is 13.8. The fourth-order valence-electron chi connectivity index (χ4n) is 14.8. The lowest BCUT2D eigenvalue weighted by Crippen LogP contribution is -2.71. The number of methoxy groups -OCH3 is 1. The SMILES string of the molecule is CCCCCCCCCCCCCCCCCCCCCC(O)C(=O)NC(COC1OC(CO)C(OC2OC(CO)C(O)C(OC3(C(=O)O)CC(O)C(NC(=O)COC4(C(=O)O)CC(O)C(NC(C)=O)C(C(O)C(CO)OC)O4)C(C(O)C(O)CO)O3)C2O)C(O)C1O)C(O)C(O)CCCCCCCCCCCCCC. The Morgan fingerprint density at radius 2 is 0.937 bits per heavy atom. The van der Waals surface area contributed by atoms with Gasteiger partial charge in [0.25, 0.3) is 11.6 Å². The monoisotopic (exact) mass is 1610 g/mol. The highest BCUT2D eigenvalue weighted by Gasteiger charge is 2.61. The van der Waals surface area contributed by atoms with E-state index in [9.17, 15) is 116 Å². The quantitative estimate of drug-likeness (QED) is 0.0359. The minimum absolute atomic E-state index is 0.0898. The molecule has 0 aromatic heterocycles. The van der Waals surface area contributed by atoms with E-state index >= 15 is 0 Å². The average Bonchev–Trinajstić information content (AvgIpc) is 0.751. The first-order valence-electron chi connectivity index (χ1n) is 40.8. The maximum atomic E-state index is 13.8. The normalized spacial score (nSPS) is 30.7. The lowest BCUT2D eigenvalue weighted by atomic mass is 9.88. The van der Waals surface area contributed by atoms with Crippen molar-refractivity contribution in [2.45, 2.75) is 404 Å². The molecule has 0 aromatic carbocycles. The first-order valence-corrected chi connectivity index (χ1v) is 40.8. The number of hydrogen-bond acceptors (Lipinski definition) is 30. The van der Waals surface area contributed by atoms with Crippen LogP contribution in [0.4, 0.5) is 0 Å². The van der Waals surface area contributed by atoms with E-state index in [1.165, 1.54) is 122 Å². The Kier molecular flexibility index (Phi) is 48.2. The van der Waals surface area contributed by atoms with Crippen LogP contribution in [0.25, 0.3) is 0 Å². The standard InChI is InChI=1S/C76H139N3O32/c1-5-7-9-11-13-15-17-19-20-21-22-23-24-25-27-29-31-33-35-37-49(86)70(98)78-47(59(91)48(85)36-34-32-30-28-26-18-16-14-12-10-8-6-2)44-104-71-64(96)63(95)66(55(43-83)107-71)108-72-65(97)69(62(94)54(42-82)106-72)111-76(74(101)102)39-51(88)58(67(110-76)60(92)52(89)40-80)79-56(90)45-105-75(73(99)100)38-50(87)57(77-46(3)84)68(109-75)61(93)53(41-81)103-4/h47-55,57-69,71-72,80-83,85-89,91-97H,5-45H2,1-4H3,(H,77,84)(H,78,98)(H,79,90)(H,99,100)(H,101,102). The zero-order chi connectivity index (χ0) is 82.2. The summed E-state index contributed by atoms with van der Waals surface area (Å²) in [5.41, 5.74) is 0. The summed E-state index contributed by atoms with van der Waals surface area (Å²) in [5.74, 6) is -13.7. The Balaban J connectivity index is 1.45. The lowest BCUT2D eigenvalue weighted by molar-refractivity contribution is -0.386. The topological polar surface area (TPSA) is 569 Å². The zero-order valence-electron chi connectivity index (χ0n) is 65.6. The number of carboxylic acids is 2. The molecule has 0 bridgehead atoms. The summed E-state index contributed by atoms with van der Waals surface area (Å²) in [5, 5.41) is 206. The summed E-state index contributed by atoms with van der Waals surface area (Å²) in [4.78, 5) is 65.9. The van der Waals surface area contributed by atoms with Crippen molar-refractivity contribution in [3.8, 4) is 0 Å². The van der Waals surface area contributed by atoms with Crippen molar-refractivity contribution >= 4 is 29.7 Å². The number of ether oxygens (including phenoxy) is 9. The van der Waals surface area contributed by atoms with E-state index in [-0.39, 0.29) is 12.8 Å². The smallest absolute Gasteiger partial charge is 0.364 e. The number of aliphatic hydroxyl groups excluding tert-OH is 16. The summed E-state index contributed by atoms with van der Waals surface area (Å²) in [6, 6.07) is -5.11. The van der Waals surface area contributed by atoms with Gasteiger partial charge in [-0.1, -0.05) is 213 Å². The molecule has 0 radical (unpaired) electrons. The van der Waals surface area contributed by atoms with Gasteiger partial charge in [-0.3, -0.25) is 14.4 Å². The fourth-order valence-corrected chi connectivity index (χ4v) is 14.8. The Morgan fingerprint density at radius 1 is 0.495 bits per heavy atom. The van der Waals surface area contributed by atoms with Crippen LogP contribution in [-0.2, 0) is 66.6 Å². The molecule has 21 N–H and O–H groups in total.